The molecule has 0 aliphatic carbocycles. The number of aryl methyl sites for hydroxylation is 1. The highest BCUT2D eigenvalue weighted by Crippen LogP contribution is 2.27. The van der Waals surface area contributed by atoms with Gasteiger partial charge in [-0.3, -0.25) is 0 Å². The lowest BCUT2D eigenvalue weighted by molar-refractivity contribution is 0.122. The van der Waals surface area contributed by atoms with Crippen molar-refractivity contribution in [2.75, 3.05) is 63.7 Å². The van der Waals surface area contributed by atoms with Gasteiger partial charge in [-0.15, -0.1) is 5.10 Å². The molecule has 32 heavy (non-hydrogen) atoms. The second-order valence-electron chi connectivity index (χ2n) is 7.81. The van der Waals surface area contributed by atoms with Crippen LogP contribution in [0, 0.1) is 0 Å². The number of carbonyl (C=O) groups is 1. The first kappa shape index (κ1) is 21.9. The van der Waals surface area contributed by atoms with E-state index in [1.54, 1.807) is 4.68 Å². The van der Waals surface area contributed by atoms with E-state index in [-0.39, 0.29) is 6.03 Å². The van der Waals surface area contributed by atoms with Gasteiger partial charge in [0.05, 0.1) is 13.2 Å². The fourth-order valence-corrected chi connectivity index (χ4v) is 3.45. The molecule has 170 valence electrons. The minimum Gasteiger partial charge on any atom is -0.378 e. The van der Waals surface area contributed by atoms with Crippen LogP contribution in [0.5, 0.6) is 0 Å². The Morgan fingerprint density at radius 2 is 1.91 bits per heavy atom. The average molecular weight is 440 g/mol. The van der Waals surface area contributed by atoms with Crippen LogP contribution in [0.2, 0.25) is 0 Å². The summed E-state index contributed by atoms with van der Waals surface area (Å²) in [7, 11) is 3.93. The van der Waals surface area contributed by atoms with Crippen molar-refractivity contribution in [1.82, 2.24) is 35.2 Å². The van der Waals surface area contributed by atoms with Crippen LogP contribution in [0.4, 0.5) is 16.3 Å². The fourth-order valence-electron chi connectivity index (χ4n) is 3.45. The normalized spacial score (nSPS) is 14.2. The fraction of sp³-hybridized carbons (Fsp3) is 0.476. The topological polar surface area (TPSA) is 113 Å². The van der Waals surface area contributed by atoms with Crippen LogP contribution in [0.3, 0.4) is 0 Å². The maximum Gasteiger partial charge on any atom is 0.319 e. The highest BCUT2D eigenvalue weighted by Gasteiger charge is 2.21. The number of anilines is 2. The summed E-state index contributed by atoms with van der Waals surface area (Å²) in [6, 6.07) is 7.26. The van der Waals surface area contributed by atoms with Crippen molar-refractivity contribution >= 4 is 28.7 Å². The number of hydrogen-bond donors (Lipinski definition) is 2. The minimum absolute atomic E-state index is 0.232. The molecule has 1 aromatic carbocycles. The lowest BCUT2D eigenvalue weighted by atomic mass is 10.2. The molecule has 0 spiro atoms. The van der Waals surface area contributed by atoms with Crippen molar-refractivity contribution in [2.45, 2.75) is 13.5 Å². The van der Waals surface area contributed by atoms with Gasteiger partial charge in [0.1, 0.15) is 0 Å². The SMILES string of the molecule is CCn1nnc2c(N3CCOCC3)nc(-c3ccc(NC(=O)NCCN(C)C)cc3)nc21. The van der Waals surface area contributed by atoms with Crippen molar-refractivity contribution in [2.24, 2.45) is 0 Å². The Hall–Kier alpha value is -3.31. The third-order valence-corrected chi connectivity index (χ3v) is 5.20. The molecule has 1 aliphatic heterocycles. The van der Waals surface area contributed by atoms with Crippen LogP contribution >= 0.6 is 0 Å². The Morgan fingerprint density at radius 3 is 2.59 bits per heavy atom. The van der Waals surface area contributed by atoms with Crippen LogP contribution < -0.4 is 15.5 Å². The number of carbonyl (C=O) groups excluding carboxylic acids is 1. The number of rotatable bonds is 7. The summed E-state index contributed by atoms with van der Waals surface area (Å²) >= 11 is 0. The van der Waals surface area contributed by atoms with Crippen LogP contribution in [-0.2, 0) is 11.3 Å². The monoisotopic (exact) mass is 439 g/mol. The summed E-state index contributed by atoms with van der Waals surface area (Å²) in [6.07, 6.45) is 0. The number of urea groups is 1. The predicted octanol–water partition coefficient (Wildman–Crippen LogP) is 1.43. The van der Waals surface area contributed by atoms with E-state index in [2.05, 4.69) is 25.8 Å². The molecule has 3 aromatic rings. The molecule has 2 aromatic heterocycles. The van der Waals surface area contributed by atoms with Crippen molar-refractivity contribution in [3.05, 3.63) is 24.3 Å². The van der Waals surface area contributed by atoms with Gasteiger partial charge >= 0.3 is 6.03 Å². The second kappa shape index (κ2) is 9.88. The summed E-state index contributed by atoms with van der Waals surface area (Å²) in [5, 5.41) is 14.2. The van der Waals surface area contributed by atoms with Gasteiger partial charge in [0.2, 0.25) is 0 Å². The van der Waals surface area contributed by atoms with Crippen LogP contribution in [0.15, 0.2) is 24.3 Å². The van der Waals surface area contributed by atoms with E-state index in [1.807, 2.05) is 50.2 Å². The zero-order valence-electron chi connectivity index (χ0n) is 18.7. The van der Waals surface area contributed by atoms with Gasteiger partial charge in [-0.05, 0) is 45.3 Å². The molecule has 1 aliphatic rings. The zero-order chi connectivity index (χ0) is 22.5. The van der Waals surface area contributed by atoms with Gasteiger partial charge in [0.25, 0.3) is 0 Å². The van der Waals surface area contributed by atoms with E-state index in [9.17, 15) is 4.79 Å². The minimum atomic E-state index is -0.232. The summed E-state index contributed by atoms with van der Waals surface area (Å²) < 4.78 is 7.26. The van der Waals surface area contributed by atoms with E-state index in [0.29, 0.717) is 49.0 Å². The smallest absolute Gasteiger partial charge is 0.319 e. The maximum atomic E-state index is 12.1. The van der Waals surface area contributed by atoms with Crippen molar-refractivity contribution in [1.29, 1.82) is 0 Å². The Kier molecular flexibility index (Phi) is 6.76. The number of amides is 2. The predicted molar refractivity (Wildman–Crippen MR) is 123 cm³/mol. The molecule has 2 N–H and O–H groups in total. The number of morpholine rings is 1. The lowest BCUT2D eigenvalue weighted by Crippen LogP contribution is -2.37. The van der Waals surface area contributed by atoms with E-state index in [0.717, 1.165) is 31.0 Å². The summed E-state index contributed by atoms with van der Waals surface area (Å²) in [6.45, 7) is 6.83. The number of ether oxygens (including phenoxy) is 1. The molecule has 0 unspecified atom stereocenters. The number of nitrogens with one attached hydrogen (secondary N) is 2. The third-order valence-electron chi connectivity index (χ3n) is 5.20. The van der Waals surface area contributed by atoms with E-state index >= 15 is 0 Å². The first-order chi connectivity index (χ1) is 15.5. The third kappa shape index (κ3) is 4.94. The zero-order valence-corrected chi connectivity index (χ0v) is 18.7. The number of fused-ring (bicyclic) bond motifs is 1. The van der Waals surface area contributed by atoms with Crippen LogP contribution in [0.1, 0.15) is 6.92 Å². The second-order valence-corrected chi connectivity index (χ2v) is 7.81. The molecular weight excluding hydrogens is 410 g/mol. The quantitative estimate of drug-likeness (QED) is 0.568. The van der Waals surface area contributed by atoms with Crippen molar-refractivity contribution in [3.8, 4) is 11.4 Å². The highest BCUT2D eigenvalue weighted by atomic mass is 16.5. The Balaban J connectivity index is 1.57. The largest absolute Gasteiger partial charge is 0.378 e. The molecule has 1 fully saturated rings. The number of aromatic nitrogens is 5. The number of nitrogens with zero attached hydrogens (tertiary/aromatic N) is 7. The number of benzene rings is 1. The number of likely N-dealkylation sites (N-methyl/N-ethyl adjacent to an activating group) is 1. The summed E-state index contributed by atoms with van der Waals surface area (Å²) in [5.74, 6) is 1.37. The molecule has 0 saturated carbocycles. The molecule has 1 saturated heterocycles. The first-order valence-corrected chi connectivity index (χ1v) is 10.8. The number of hydrogen-bond acceptors (Lipinski definition) is 8. The maximum absolute atomic E-state index is 12.1. The van der Waals surface area contributed by atoms with Gasteiger partial charge in [-0.25, -0.2) is 19.4 Å². The van der Waals surface area contributed by atoms with Crippen molar-refractivity contribution in [3.63, 3.8) is 0 Å². The van der Waals surface area contributed by atoms with Gasteiger partial charge in [-0.1, -0.05) is 5.21 Å². The Labute approximate surface area is 186 Å². The molecular formula is C21H29N9O2. The van der Waals surface area contributed by atoms with Crippen molar-refractivity contribution < 1.29 is 9.53 Å². The molecule has 3 heterocycles. The molecule has 0 atom stereocenters. The average Bonchev–Trinajstić information content (AvgIpc) is 3.22. The van der Waals surface area contributed by atoms with E-state index < -0.39 is 0 Å². The lowest BCUT2D eigenvalue weighted by Gasteiger charge is -2.27. The van der Waals surface area contributed by atoms with Gasteiger partial charge < -0.3 is 25.2 Å². The van der Waals surface area contributed by atoms with E-state index in [1.165, 1.54) is 0 Å². The highest BCUT2D eigenvalue weighted by molar-refractivity contribution is 5.89. The van der Waals surface area contributed by atoms with Crippen LogP contribution in [0.25, 0.3) is 22.6 Å². The van der Waals surface area contributed by atoms with E-state index in [4.69, 9.17) is 14.7 Å². The summed E-state index contributed by atoms with van der Waals surface area (Å²) in [5.41, 5.74) is 2.96. The molecule has 0 bridgehead atoms. The van der Waals surface area contributed by atoms with Gasteiger partial charge in [0.15, 0.2) is 22.8 Å². The molecule has 11 heteroatoms. The molecule has 4 rings (SSSR count). The Bertz CT molecular complexity index is 1060. The molecule has 11 nitrogen and oxygen atoms in total. The molecule has 0 radical (unpaired) electrons. The van der Waals surface area contributed by atoms with Crippen LogP contribution in [-0.4, -0.2) is 89.4 Å². The van der Waals surface area contributed by atoms with Gasteiger partial charge in [0, 0.05) is 44.0 Å². The molecule has 2 amide bonds. The Morgan fingerprint density at radius 1 is 1.16 bits per heavy atom. The first-order valence-electron chi connectivity index (χ1n) is 10.8. The standard InChI is InChI=1S/C21H29N9O2/c1-4-30-20-17(26-27-30)19(29-11-13-32-14-12-29)24-18(25-20)15-5-7-16(8-6-15)23-21(31)22-9-10-28(2)3/h5-8H,4,9-14H2,1-3H3,(H2,22,23,31). The summed E-state index contributed by atoms with van der Waals surface area (Å²) in [4.78, 5) is 25.8. The van der Waals surface area contributed by atoms with Gasteiger partial charge in [-0.2, -0.15) is 0 Å².